The van der Waals surface area contributed by atoms with Crippen LogP contribution in [0.2, 0.25) is 0 Å². The molecule has 0 aliphatic heterocycles. The number of amides is 2. The van der Waals surface area contributed by atoms with Crippen LogP contribution in [-0.4, -0.2) is 27.3 Å². The summed E-state index contributed by atoms with van der Waals surface area (Å²) in [5.74, 6) is 0.529. The van der Waals surface area contributed by atoms with Crippen LogP contribution in [0.3, 0.4) is 0 Å². The molecule has 0 atom stereocenters. The predicted molar refractivity (Wildman–Crippen MR) is 92.5 cm³/mol. The number of carbonyl (C=O) groups is 1. The molecule has 1 aromatic heterocycles. The highest BCUT2D eigenvalue weighted by Crippen LogP contribution is 2.28. The maximum Gasteiger partial charge on any atom is 0.315 e. The average molecular weight is 345 g/mol. The van der Waals surface area contributed by atoms with Gasteiger partial charge in [-0.3, -0.25) is 0 Å². The Morgan fingerprint density at radius 2 is 2.00 bits per heavy atom. The first-order chi connectivity index (χ1) is 12.2. The van der Waals surface area contributed by atoms with Gasteiger partial charge in [0.2, 0.25) is 0 Å². The molecule has 0 radical (unpaired) electrons. The molecule has 7 heteroatoms. The van der Waals surface area contributed by atoms with Crippen LogP contribution in [0.5, 0.6) is 0 Å². The molecule has 0 unspecified atom stereocenters. The number of hydrogen-bond acceptors (Lipinski definition) is 3. The third-order valence-electron chi connectivity index (χ3n) is 4.66. The Kier molecular flexibility index (Phi) is 5.98. The van der Waals surface area contributed by atoms with Crippen LogP contribution in [0.25, 0.3) is 0 Å². The zero-order valence-electron chi connectivity index (χ0n) is 14.2. The van der Waals surface area contributed by atoms with Gasteiger partial charge in [0, 0.05) is 12.6 Å². The second-order valence-electron chi connectivity index (χ2n) is 6.40. The zero-order valence-corrected chi connectivity index (χ0v) is 14.2. The van der Waals surface area contributed by atoms with Gasteiger partial charge in [-0.1, -0.05) is 37.5 Å². The van der Waals surface area contributed by atoms with Crippen molar-refractivity contribution in [3.05, 3.63) is 47.8 Å². The standard InChI is InChI=1S/C18H24FN5O/c19-16-9-5-4-6-14(16)10-11-20-18(25)21-12-17-23-22-13-24(17)15-7-2-1-3-8-15/h4-6,9,13,15H,1-3,7-8,10-12H2,(H2,20,21,25). The van der Waals surface area contributed by atoms with E-state index in [9.17, 15) is 9.18 Å². The van der Waals surface area contributed by atoms with Crippen molar-refractivity contribution in [2.45, 2.75) is 51.1 Å². The quantitative estimate of drug-likeness (QED) is 0.845. The van der Waals surface area contributed by atoms with Gasteiger partial charge >= 0.3 is 6.03 Å². The molecule has 6 nitrogen and oxygen atoms in total. The second-order valence-corrected chi connectivity index (χ2v) is 6.40. The highest BCUT2D eigenvalue weighted by atomic mass is 19.1. The molecule has 1 aliphatic rings. The highest BCUT2D eigenvalue weighted by molar-refractivity contribution is 5.73. The molecule has 2 aromatic rings. The van der Waals surface area contributed by atoms with Crippen molar-refractivity contribution < 1.29 is 9.18 Å². The SMILES string of the molecule is O=C(NCCc1ccccc1F)NCc1nncn1C1CCCCC1. The van der Waals surface area contributed by atoms with Crippen LogP contribution < -0.4 is 10.6 Å². The average Bonchev–Trinajstić information content (AvgIpc) is 3.11. The molecule has 3 rings (SSSR count). The van der Waals surface area contributed by atoms with Gasteiger partial charge in [0.05, 0.1) is 6.54 Å². The van der Waals surface area contributed by atoms with E-state index in [1.165, 1.54) is 25.3 Å². The van der Waals surface area contributed by atoms with Crippen molar-refractivity contribution in [2.75, 3.05) is 6.54 Å². The van der Waals surface area contributed by atoms with Gasteiger partial charge in [0.15, 0.2) is 5.82 Å². The van der Waals surface area contributed by atoms with Crippen LogP contribution in [0, 0.1) is 5.82 Å². The van der Waals surface area contributed by atoms with Crippen molar-refractivity contribution in [3.63, 3.8) is 0 Å². The van der Waals surface area contributed by atoms with Gasteiger partial charge < -0.3 is 15.2 Å². The molecule has 2 amide bonds. The summed E-state index contributed by atoms with van der Waals surface area (Å²) in [6.45, 7) is 0.712. The monoisotopic (exact) mass is 345 g/mol. The van der Waals surface area contributed by atoms with E-state index in [1.807, 2.05) is 0 Å². The van der Waals surface area contributed by atoms with E-state index < -0.39 is 0 Å². The van der Waals surface area contributed by atoms with E-state index in [4.69, 9.17) is 0 Å². The maximum absolute atomic E-state index is 13.5. The van der Waals surface area contributed by atoms with Gasteiger partial charge in [-0.25, -0.2) is 9.18 Å². The van der Waals surface area contributed by atoms with Crippen molar-refractivity contribution in [2.24, 2.45) is 0 Å². The third-order valence-corrected chi connectivity index (χ3v) is 4.66. The fraction of sp³-hybridized carbons (Fsp3) is 0.500. The second kappa shape index (κ2) is 8.60. The van der Waals surface area contributed by atoms with E-state index in [1.54, 1.807) is 24.5 Å². The Bertz CT molecular complexity index is 696. The Balaban J connectivity index is 1.43. The fourth-order valence-electron chi connectivity index (χ4n) is 3.29. The normalized spacial score (nSPS) is 15.1. The summed E-state index contributed by atoms with van der Waals surface area (Å²) < 4.78 is 15.6. The van der Waals surface area contributed by atoms with Crippen LogP contribution in [0.1, 0.15) is 49.5 Å². The molecular formula is C18H24FN5O. The smallest absolute Gasteiger partial charge is 0.315 e. The number of carbonyl (C=O) groups excluding carboxylic acids is 1. The minimum atomic E-state index is -0.283. The number of rotatable bonds is 6. The van der Waals surface area contributed by atoms with E-state index in [2.05, 4.69) is 25.4 Å². The summed E-state index contributed by atoms with van der Waals surface area (Å²) in [6.07, 6.45) is 8.23. The number of benzene rings is 1. The molecule has 1 heterocycles. The summed E-state index contributed by atoms with van der Waals surface area (Å²) in [6, 6.07) is 6.74. The Morgan fingerprint density at radius 3 is 2.80 bits per heavy atom. The summed E-state index contributed by atoms with van der Waals surface area (Å²) in [7, 11) is 0. The summed E-state index contributed by atoms with van der Waals surface area (Å²) in [5, 5.41) is 13.7. The molecule has 1 saturated carbocycles. The molecule has 1 fully saturated rings. The molecule has 2 N–H and O–H groups in total. The molecule has 25 heavy (non-hydrogen) atoms. The fourth-order valence-corrected chi connectivity index (χ4v) is 3.29. The third kappa shape index (κ3) is 4.78. The first-order valence-electron chi connectivity index (χ1n) is 8.87. The molecule has 1 aromatic carbocycles. The number of halogens is 1. The molecule has 134 valence electrons. The largest absolute Gasteiger partial charge is 0.338 e. The van der Waals surface area contributed by atoms with Crippen molar-refractivity contribution in [1.29, 1.82) is 0 Å². The van der Waals surface area contributed by atoms with E-state index in [0.717, 1.165) is 18.7 Å². The minimum absolute atomic E-state index is 0.245. The topological polar surface area (TPSA) is 71.8 Å². The predicted octanol–water partition coefficient (Wildman–Crippen LogP) is 2.96. The summed E-state index contributed by atoms with van der Waals surface area (Å²) in [5.41, 5.74) is 0.597. The lowest BCUT2D eigenvalue weighted by Gasteiger charge is -2.24. The number of nitrogens with zero attached hydrogens (tertiary/aromatic N) is 3. The van der Waals surface area contributed by atoms with Gasteiger partial charge in [-0.15, -0.1) is 10.2 Å². The van der Waals surface area contributed by atoms with Crippen molar-refractivity contribution in [3.8, 4) is 0 Å². The van der Waals surface area contributed by atoms with E-state index in [-0.39, 0.29) is 11.8 Å². The maximum atomic E-state index is 13.5. The summed E-state index contributed by atoms with van der Waals surface area (Å²) in [4.78, 5) is 11.9. The zero-order chi connectivity index (χ0) is 17.5. The molecular weight excluding hydrogens is 321 g/mol. The lowest BCUT2D eigenvalue weighted by Crippen LogP contribution is -2.37. The Labute approximate surface area is 146 Å². The Hall–Kier alpha value is -2.44. The van der Waals surface area contributed by atoms with Gasteiger partial charge in [-0.05, 0) is 30.9 Å². The molecule has 0 spiro atoms. The molecule has 0 saturated heterocycles. The lowest BCUT2D eigenvalue weighted by molar-refractivity contribution is 0.240. The van der Waals surface area contributed by atoms with Gasteiger partial charge in [0.25, 0.3) is 0 Å². The van der Waals surface area contributed by atoms with Gasteiger partial charge in [0.1, 0.15) is 12.1 Å². The number of aromatic nitrogens is 3. The van der Waals surface area contributed by atoms with Crippen molar-refractivity contribution in [1.82, 2.24) is 25.4 Å². The summed E-state index contributed by atoms with van der Waals surface area (Å²) >= 11 is 0. The van der Waals surface area contributed by atoms with Crippen LogP contribution in [-0.2, 0) is 13.0 Å². The van der Waals surface area contributed by atoms with E-state index in [0.29, 0.717) is 31.1 Å². The van der Waals surface area contributed by atoms with Crippen molar-refractivity contribution >= 4 is 6.03 Å². The Morgan fingerprint density at radius 1 is 1.20 bits per heavy atom. The molecule has 0 bridgehead atoms. The van der Waals surface area contributed by atoms with Crippen LogP contribution in [0.15, 0.2) is 30.6 Å². The first-order valence-corrected chi connectivity index (χ1v) is 8.87. The minimum Gasteiger partial charge on any atom is -0.338 e. The first kappa shape index (κ1) is 17.4. The molecule has 1 aliphatic carbocycles. The number of hydrogen-bond donors (Lipinski definition) is 2. The van der Waals surface area contributed by atoms with Crippen LogP contribution >= 0.6 is 0 Å². The number of urea groups is 1. The lowest BCUT2D eigenvalue weighted by atomic mass is 9.95. The van der Waals surface area contributed by atoms with Crippen LogP contribution in [0.4, 0.5) is 9.18 Å². The highest BCUT2D eigenvalue weighted by Gasteiger charge is 2.18. The number of nitrogens with one attached hydrogen (secondary N) is 2. The van der Waals surface area contributed by atoms with Gasteiger partial charge in [-0.2, -0.15) is 0 Å². The van der Waals surface area contributed by atoms with E-state index >= 15 is 0 Å².